The molecule has 0 saturated heterocycles. The molecule has 0 bridgehead atoms. The highest BCUT2D eigenvalue weighted by molar-refractivity contribution is 7.89. The van der Waals surface area contributed by atoms with Gasteiger partial charge in [-0.15, -0.1) is 11.3 Å². The van der Waals surface area contributed by atoms with Gasteiger partial charge in [0, 0.05) is 30.2 Å². The van der Waals surface area contributed by atoms with Gasteiger partial charge in [0.05, 0.1) is 27.7 Å². The number of halogens is 2. The van der Waals surface area contributed by atoms with Crippen molar-refractivity contribution in [1.82, 2.24) is 4.31 Å². The fraction of sp³-hybridized carbons (Fsp3) is 0.273. The molecule has 0 aliphatic rings. The monoisotopic (exact) mass is 497 g/mol. The van der Waals surface area contributed by atoms with Crippen LogP contribution in [0.1, 0.15) is 25.0 Å². The Hall–Kier alpha value is -2.41. The number of nitrogens with two attached hydrogens (primary N) is 1. The summed E-state index contributed by atoms with van der Waals surface area (Å²) in [4.78, 5) is 5.16. The van der Waals surface area contributed by atoms with Crippen LogP contribution in [-0.4, -0.2) is 31.9 Å². The van der Waals surface area contributed by atoms with Crippen molar-refractivity contribution < 1.29 is 27.1 Å². The highest BCUT2D eigenvalue weighted by atomic mass is 32.2. The van der Waals surface area contributed by atoms with Crippen LogP contribution < -0.4 is 11.2 Å². The maximum atomic E-state index is 14.8. The molecule has 0 aliphatic carbocycles. The van der Waals surface area contributed by atoms with E-state index >= 15 is 0 Å². The molecule has 178 valence electrons. The highest BCUT2D eigenvalue weighted by Gasteiger charge is 2.24. The predicted molar refractivity (Wildman–Crippen MR) is 124 cm³/mol. The van der Waals surface area contributed by atoms with Gasteiger partial charge in [0.1, 0.15) is 11.6 Å². The van der Waals surface area contributed by atoms with Gasteiger partial charge in [-0.2, -0.15) is 0 Å². The molecule has 4 N–H and O–H groups in total. The molecule has 1 aromatic heterocycles. The fourth-order valence-electron chi connectivity index (χ4n) is 3.07. The number of thiophene rings is 1. The van der Waals surface area contributed by atoms with E-state index in [4.69, 9.17) is 10.7 Å². The van der Waals surface area contributed by atoms with Crippen LogP contribution in [0.5, 0.6) is 0 Å². The van der Waals surface area contributed by atoms with Gasteiger partial charge < -0.3 is 10.4 Å². The second-order valence-electron chi connectivity index (χ2n) is 8.09. The zero-order valence-electron chi connectivity index (χ0n) is 18.5. The summed E-state index contributed by atoms with van der Waals surface area (Å²) in [6.07, 6.45) is 0. The van der Waals surface area contributed by atoms with E-state index in [9.17, 15) is 22.3 Å². The molecule has 0 atom stereocenters. The summed E-state index contributed by atoms with van der Waals surface area (Å²) in [6, 6.07) is 9.86. The molecule has 1 heterocycles. The van der Waals surface area contributed by atoms with Gasteiger partial charge in [-0.1, -0.05) is 0 Å². The van der Waals surface area contributed by atoms with Gasteiger partial charge in [0.15, 0.2) is 0 Å². The van der Waals surface area contributed by atoms with Crippen molar-refractivity contribution in [3.05, 3.63) is 65.2 Å². The standard InChI is InChI=1S/C22H25F2N3O4S2/c1-22(2,28)14-10-17(23)20(18(24)11-14)19-9-13(12-31-25)21(32-19)26-15-5-7-16(8-6-15)33(29,30)27(3)4/h5-11,26,28H,12,25H2,1-4H3. The topological polar surface area (TPSA) is 105 Å². The van der Waals surface area contributed by atoms with Crippen molar-refractivity contribution >= 4 is 32.0 Å². The van der Waals surface area contributed by atoms with Crippen molar-refractivity contribution in [2.45, 2.75) is 31.0 Å². The molecule has 0 unspecified atom stereocenters. The van der Waals surface area contributed by atoms with Gasteiger partial charge in [0.25, 0.3) is 0 Å². The van der Waals surface area contributed by atoms with Crippen molar-refractivity contribution in [1.29, 1.82) is 0 Å². The first-order valence-electron chi connectivity index (χ1n) is 9.81. The Bertz CT molecular complexity index is 1230. The van der Waals surface area contributed by atoms with Crippen LogP contribution >= 0.6 is 11.3 Å². The minimum Gasteiger partial charge on any atom is -0.386 e. The number of hydrogen-bond acceptors (Lipinski definition) is 7. The lowest BCUT2D eigenvalue weighted by Gasteiger charge is -2.18. The van der Waals surface area contributed by atoms with Crippen LogP contribution in [0.15, 0.2) is 47.4 Å². The van der Waals surface area contributed by atoms with Gasteiger partial charge in [-0.05, 0) is 61.9 Å². The minimum atomic E-state index is -3.57. The first-order valence-corrected chi connectivity index (χ1v) is 12.1. The zero-order valence-corrected chi connectivity index (χ0v) is 20.2. The predicted octanol–water partition coefficient (Wildman–Crippen LogP) is 4.30. The second-order valence-corrected chi connectivity index (χ2v) is 11.3. The zero-order chi connectivity index (χ0) is 24.6. The number of rotatable bonds is 8. The molecule has 0 saturated carbocycles. The molecule has 2 aromatic carbocycles. The third-order valence-electron chi connectivity index (χ3n) is 4.93. The number of aliphatic hydroxyl groups is 1. The van der Waals surface area contributed by atoms with Crippen LogP contribution in [0.25, 0.3) is 10.4 Å². The van der Waals surface area contributed by atoms with Crippen molar-refractivity contribution in [2.75, 3.05) is 19.4 Å². The van der Waals surface area contributed by atoms with E-state index in [2.05, 4.69) is 5.32 Å². The molecule has 11 heteroatoms. The van der Waals surface area contributed by atoms with Crippen molar-refractivity contribution in [3.8, 4) is 10.4 Å². The molecule has 7 nitrogen and oxygen atoms in total. The molecule has 3 rings (SSSR count). The summed E-state index contributed by atoms with van der Waals surface area (Å²) in [5, 5.41) is 13.7. The molecular weight excluding hydrogens is 472 g/mol. The number of benzene rings is 2. The lowest BCUT2D eigenvalue weighted by Crippen LogP contribution is -2.22. The molecule has 0 radical (unpaired) electrons. The van der Waals surface area contributed by atoms with E-state index in [1.807, 2.05) is 0 Å². The minimum absolute atomic E-state index is 0.0169. The normalized spacial score (nSPS) is 12.4. The second kappa shape index (κ2) is 9.45. The average Bonchev–Trinajstić information content (AvgIpc) is 3.09. The average molecular weight is 498 g/mol. The molecule has 0 spiro atoms. The van der Waals surface area contributed by atoms with Crippen LogP contribution in [0.3, 0.4) is 0 Å². The number of nitrogens with one attached hydrogen (secondary N) is 1. The summed E-state index contributed by atoms with van der Waals surface area (Å²) in [5.74, 6) is 3.61. The van der Waals surface area contributed by atoms with Crippen LogP contribution in [0.4, 0.5) is 19.5 Å². The summed E-state index contributed by atoms with van der Waals surface area (Å²) >= 11 is 1.09. The van der Waals surface area contributed by atoms with Gasteiger partial charge in [-0.3, -0.25) is 4.84 Å². The molecule has 0 amide bonds. The van der Waals surface area contributed by atoms with Crippen molar-refractivity contribution in [2.24, 2.45) is 5.90 Å². The largest absolute Gasteiger partial charge is 0.386 e. The van der Waals surface area contributed by atoms with E-state index < -0.39 is 27.3 Å². The van der Waals surface area contributed by atoms with E-state index in [0.29, 0.717) is 21.1 Å². The Morgan fingerprint density at radius 3 is 2.18 bits per heavy atom. The summed E-state index contributed by atoms with van der Waals surface area (Å²) in [6.45, 7) is 2.87. The molecule has 0 aliphatic heterocycles. The molecule has 3 aromatic rings. The van der Waals surface area contributed by atoms with E-state index in [-0.39, 0.29) is 22.6 Å². The Labute approximate surface area is 195 Å². The fourth-order valence-corrected chi connectivity index (χ4v) is 5.11. The summed E-state index contributed by atoms with van der Waals surface area (Å²) in [7, 11) is -0.679. The summed E-state index contributed by atoms with van der Waals surface area (Å²) < 4.78 is 55.2. The smallest absolute Gasteiger partial charge is 0.242 e. The summed E-state index contributed by atoms with van der Waals surface area (Å²) in [5.41, 5.74) is -0.376. The number of sulfonamides is 1. The Balaban J connectivity index is 1.97. The highest BCUT2D eigenvalue weighted by Crippen LogP contribution is 2.40. The first-order chi connectivity index (χ1) is 15.3. The number of anilines is 2. The number of nitrogens with zero attached hydrogens (tertiary/aromatic N) is 1. The van der Waals surface area contributed by atoms with Crippen LogP contribution in [0, 0.1) is 11.6 Å². The quantitative estimate of drug-likeness (QED) is 0.401. The van der Waals surface area contributed by atoms with Crippen molar-refractivity contribution in [3.63, 3.8) is 0 Å². The van der Waals surface area contributed by atoms with Crippen LogP contribution in [0.2, 0.25) is 0 Å². The van der Waals surface area contributed by atoms with E-state index in [0.717, 1.165) is 27.8 Å². The molecular formula is C22H25F2N3O4S2. The lowest BCUT2D eigenvalue weighted by atomic mass is 9.96. The lowest BCUT2D eigenvalue weighted by molar-refractivity contribution is 0.0779. The van der Waals surface area contributed by atoms with Gasteiger partial charge in [0.2, 0.25) is 10.0 Å². The first kappa shape index (κ1) is 25.2. The van der Waals surface area contributed by atoms with Gasteiger partial charge >= 0.3 is 0 Å². The van der Waals surface area contributed by atoms with E-state index in [1.54, 1.807) is 18.2 Å². The Morgan fingerprint density at radius 1 is 1.12 bits per heavy atom. The maximum Gasteiger partial charge on any atom is 0.242 e. The SMILES string of the molecule is CN(C)S(=O)(=O)c1ccc(Nc2sc(-c3c(F)cc(C(C)(C)O)cc3F)cc2CON)cc1. The van der Waals surface area contributed by atoms with E-state index in [1.165, 1.54) is 40.1 Å². The Morgan fingerprint density at radius 2 is 1.70 bits per heavy atom. The third kappa shape index (κ3) is 5.40. The van der Waals surface area contributed by atoms with Crippen LogP contribution in [-0.2, 0) is 27.1 Å². The number of hydrogen-bond donors (Lipinski definition) is 3. The third-order valence-corrected chi connectivity index (χ3v) is 7.87. The Kier molecular flexibility index (Phi) is 7.22. The maximum absolute atomic E-state index is 14.8. The van der Waals surface area contributed by atoms with Gasteiger partial charge in [-0.25, -0.2) is 27.4 Å². The molecule has 33 heavy (non-hydrogen) atoms. The molecule has 0 fully saturated rings.